The number of nitrogens with zero attached hydrogens (tertiary/aromatic N) is 4. The third kappa shape index (κ3) is 2.21. The first kappa shape index (κ1) is 14.1. The van der Waals surface area contributed by atoms with Crippen LogP contribution in [0.25, 0.3) is 11.2 Å². The molecule has 0 saturated carbocycles. The first-order valence-corrected chi connectivity index (χ1v) is 7.43. The Morgan fingerprint density at radius 3 is 2.57 bits per heavy atom. The minimum Gasteiger partial charge on any atom is -0.320 e. The van der Waals surface area contributed by atoms with Crippen LogP contribution in [0.15, 0.2) is 40.2 Å². The van der Waals surface area contributed by atoms with Gasteiger partial charge in [-0.2, -0.15) is 0 Å². The predicted octanol–water partition coefficient (Wildman–Crippen LogP) is 1.09. The minimum atomic E-state index is -0.368. The normalized spacial score (nSPS) is 11.2. The van der Waals surface area contributed by atoms with Crippen LogP contribution in [0, 0.1) is 3.57 Å². The van der Waals surface area contributed by atoms with Gasteiger partial charge in [0.2, 0.25) is 0 Å². The van der Waals surface area contributed by atoms with E-state index in [1.54, 1.807) is 17.9 Å². The summed E-state index contributed by atoms with van der Waals surface area (Å²) in [6.07, 6.45) is 1.61. The number of fused-ring (bicyclic) bond motifs is 1. The quantitative estimate of drug-likeness (QED) is 0.610. The Kier molecular flexibility index (Phi) is 3.44. The topological polar surface area (TPSA) is 61.8 Å². The van der Waals surface area contributed by atoms with E-state index >= 15 is 0 Å². The summed E-state index contributed by atoms with van der Waals surface area (Å²) >= 11 is 2.26. The molecule has 0 spiro atoms. The van der Waals surface area contributed by atoms with Crippen LogP contribution in [-0.2, 0) is 20.6 Å². The van der Waals surface area contributed by atoms with Gasteiger partial charge in [0.25, 0.3) is 5.56 Å². The van der Waals surface area contributed by atoms with Gasteiger partial charge in [0.05, 0.1) is 12.9 Å². The second-order valence-electron chi connectivity index (χ2n) is 4.84. The van der Waals surface area contributed by atoms with E-state index in [0.717, 1.165) is 13.7 Å². The number of imidazole rings is 1. The smallest absolute Gasteiger partial charge is 0.320 e. The van der Waals surface area contributed by atoms with Crippen molar-refractivity contribution < 1.29 is 0 Å². The van der Waals surface area contributed by atoms with Crippen molar-refractivity contribution in [1.29, 1.82) is 0 Å². The van der Waals surface area contributed by atoms with E-state index in [-0.39, 0.29) is 11.2 Å². The van der Waals surface area contributed by atoms with E-state index in [1.165, 1.54) is 11.6 Å². The van der Waals surface area contributed by atoms with Crippen molar-refractivity contribution in [3.63, 3.8) is 0 Å². The lowest BCUT2D eigenvalue weighted by molar-refractivity contribution is 0.702. The molecule has 6 nitrogen and oxygen atoms in total. The monoisotopic (exact) mass is 396 g/mol. The Labute approximate surface area is 133 Å². The minimum absolute atomic E-state index is 0.323. The zero-order valence-corrected chi connectivity index (χ0v) is 13.7. The Hall–Kier alpha value is -1.90. The van der Waals surface area contributed by atoms with Crippen molar-refractivity contribution in [2.45, 2.75) is 6.54 Å². The molecule has 0 bridgehead atoms. The van der Waals surface area contributed by atoms with Gasteiger partial charge in [-0.15, -0.1) is 0 Å². The summed E-state index contributed by atoms with van der Waals surface area (Å²) in [6.45, 7) is 0.545. The summed E-state index contributed by atoms with van der Waals surface area (Å²) in [4.78, 5) is 28.5. The van der Waals surface area contributed by atoms with Crippen LogP contribution in [0.2, 0.25) is 0 Å². The van der Waals surface area contributed by atoms with Crippen molar-refractivity contribution in [3.8, 4) is 0 Å². The van der Waals surface area contributed by atoms with Gasteiger partial charge in [0, 0.05) is 17.7 Å². The highest BCUT2D eigenvalue weighted by atomic mass is 127. The molecule has 0 unspecified atom stereocenters. The van der Waals surface area contributed by atoms with Crippen molar-refractivity contribution in [2.75, 3.05) is 0 Å². The Balaban J connectivity index is 2.24. The Bertz CT molecular complexity index is 952. The molecule has 0 radical (unpaired) electrons. The average Bonchev–Trinajstić information content (AvgIpc) is 2.89. The summed E-state index contributed by atoms with van der Waals surface area (Å²) in [5.74, 6) is 0. The maximum absolute atomic E-state index is 12.3. The molecule has 0 aliphatic heterocycles. The first-order valence-electron chi connectivity index (χ1n) is 6.35. The van der Waals surface area contributed by atoms with E-state index in [4.69, 9.17) is 0 Å². The zero-order chi connectivity index (χ0) is 15.1. The van der Waals surface area contributed by atoms with Crippen LogP contribution in [0.5, 0.6) is 0 Å². The van der Waals surface area contributed by atoms with Gasteiger partial charge in [-0.05, 0) is 34.2 Å². The van der Waals surface area contributed by atoms with E-state index in [9.17, 15) is 9.59 Å². The van der Waals surface area contributed by atoms with E-state index in [1.807, 2.05) is 24.3 Å². The number of hydrogen-bond donors (Lipinski definition) is 0. The van der Waals surface area contributed by atoms with Gasteiger partial charge in [-0.1, -0.05) is 18.2 Å². The molecule has 108 valence electrons. The second-order valence-corrected chi connectivity index (χ2v) is 6.00. The standard InChI is InChI=1S/C14H13IN4O2/c1-17-12-11(13(20)18(2)14(17)21)19(8-16-12)7-9-5-3-4-6-10(9)15/h3-6,8H,7H2,1-2H3. The highest BCUT2D eigenvalue weighted by Crippen LogP contribution is 2.15. The highest BCUT2D eigenvalue weighted by molar-refractivity contribution is 14.1. The molecular formula is C14H13IN4O2. The van der Waals surface area contributed by atoms with Crippen molar-refractivity contribution in [2.24, 2.45) is 14.1 Å². The van der Waals surface area contributed by atoms with Gasteiger partial charge in [0.1, 0.15) is 0 Å². The third-order valence-corrected chi connectivity index (χ3v) is 4.57. The molecule has 21 heavy (non-hydrogen) atoms. The molecule has 0 aliphatic carbocycles. The van der Waals surface area contributed by atoms with Crippen molar-refractivity contribution in [3.05, 3.63) is 60.6 Å². The molecule has 0 atom stereocenters. The SMILES string of the molecule is Cn1c(=O)c2c(ncn2Cc2ccccc2I)n(C)c1=O. The van der Waals surface area contributed by atoms with E-state index < -0.39 is 0 Å². The third-order valence-electron chi connectivity index (χ3n) is 3.52. The van der Waals surface area contributed by atoms with Crippen molar-refractivity contribution in [1.82, 2.24) is 18.7 Å². The fourth-order valence-electron chi connectivity index (χ4n) is 2.33. The second kappa shape index (κ2) is 5.14. The maximum atomic E-state index is 12.3. The lowest BCUT2D eigenvalue weighted by Gasteiger charge is -2.08. The summed E-state index contributed by atoms with van der Waals surface area (Å²) in [5, 5.41) is 0. The van der Waals surface area contributed by atoms with Gasteiger partial charge >= 0.3 is 5.69 Å². The number of aryl methyl sites for hydroxylation is 1. The molecular weight excluding hydrogens is 383 g/mol. The summed E-state index contributed by atoms with van der Waals surface area (Å²) < 4.78 is 5.41. The number of hydrogen-bond acceptors (Lipinski definition) is 3. The fraction of sp³-hybridized carbons (Fsp3) is 0.214. The highest BCUT2D eigenvalue weighted by Gasteiger charge is 2.14. The van der Waals surface area contributed by atoms with E-state index in [2.05, 4.69) is 27.6 Å². The van der Waals surface area contributed by atoms with Crippen LogP contribution in [0.3, 0.4) is 0 Å². The predicted molar refractivity (Wildman–Crippen MR) is 88.5 cm³/mol. The van der Waals surface area contributed by atoms with Crippen LogP contribution in [0.4, 0.5) is 0 Å². The summed E-state index contributed by atoms with van der Waals surface area (Å²) in [7, 11) is 3.10. The average molecular weight is 396 g/mol. The molecule has 2 heterocycles. The number of rotatable bonds is 2. The number of halogens is 1. The molecule has 0 N–H and O–H groups in total. The molecule has 0 fully saturated rings. The van der Waals surface area contributed by atoms with Gasteiger partial charge < -0.3 is 4.57 Å². The van der Waals surface area contributed by atoms with Crippen LogP contribution in [-0.4, -0.2) is 18.7 Å². The lowest BCUT2D eigenvalue weighted by Crippen LogP contribution is -2.37. The van der Waals surface area contributed by atoms with E-state index in [0.29, 0.717) is 17.7 Å². The molecule has 3 aromatic rings. The molecule has 0 aliphatic rings. The first-order chi connectivity index (χ1) is 10.0. The number of aromatic nitrogens is 4. The zero-order valence-electron chi connectivity index (χ0n) is 11.6. The molecule has 2 aromatic heterocycles. The van der Waals surface area contributed by atoms with Crippen LogP contribution >= 0.6 is 22.6 Å². The largest absolute Gasteiger partial charge is 0.332 e. The lowest BCUT2D eigenvalue weighted by atomic mass is 10.2. The van der Waals surface area contributed by atoms with Crippen LogP contribution in [0.1, 0.15) is 5.56 Å². The maximum Gasteiger partial charge on any atom is 0.332 e. The fourth-order valence-corrected chi connectivity index (χ4v) is 2.88. The van der Waals surface area contributed by atoms with Gasteiger partial charge in [0.15, 0.2) is 11.2 Å². The molecule has 0 amide bonds. The van der Waals surface area contributed by atoms with Gasteiger partial charge in [-0.3, -0.25) is 13.9 Å². The number of benzene rings is 1. The molecule has 0 saturated heterocycles. The Morgan fingerprint density at radius 2 is 1.86 bits per heavy atom. The van der Waals surface area contributed by atoms with Gasteiger partial charge in [-0.25, -0.2) is 9.78 Å². The van der Waals surface area contributed by atoms with Crippen LogP contribution < -0.4 is 11.2 Å². The molecule has 3 rings (SSSR count). The molecule has 7 heteroatoms. The Morgan fingerprint density at radius 1 is 1.14 bits per heavy atom. The van der Waals surface area contributed by atoms with Crippen molar-refractivity contribution >= 4 is 33.8 Å². The summed E-state index contributed by atoms with van der Waals surface area (Å²) in [5.41, 5.74) is 1.27. The molecule has 1 aromatic carbocycles. The summed E-state index contributed by atoms with van der Waals surface area (Å²) in [6, 6.07) is 7.97.